The van der Waals surface area contributed by atoms with Crippen LogP contribution in [-0.4, -0.2) is 27.9 Å². The quantitative estimate of drug-likeness (QED) is 0.135. The predicted octanol–water partition coefficient (Wildman–Crippen LogP) is 9.13. The van der Waals surface area contributed by atoms with Crippen molar-refractivity contribution < 1.29 is 22.6 Å². The van der Waals surface area contributed by atoms with E-state index in [1.807, 2.05) is 60.7 Å². The highest BCUT2D eigenvalue weighted by molar-refractivity contribution is 5.68. The molecule has 44 heavy (non-hydrogen) atoms. The van der Waals surface area contributed by atoms with Crippen LogP contribution in [0, 0.1) is 0 Å². The Morgan fingerprint density at radius 3 is 1.77 bits per heavy atom. The lowest BCUT2D eigenvalue weighted by molar-refractivity contribution is -0.274. The summed E-state index contributed by atoms with van der Waals surface area (Å²) in [6, 6.07) is 34.5. The molecule has 0 amide bonds. The van der Waals surface area contributed by atoms with Crippen molar-refractivity contribution in [2.45, 2.75) is 52.3 Å². The Hall–Kier alpha value is -4.56. The predicted molar refractivity (Wildman–Crippen MR) is 167 cm³/mol. The molecule has 0 unspecified atom stereocenters. The molecule has 0 fully saturated rings. The third-order valence-electron chi connectivity index (χ3n) is 7.39. The Kier molecular flexibility index (Phi) is 10.0. The standard InChI is InChI=1S/C36H36F3N3O2/c1-3-4-23-42-33(34(29-11-7-5-8-12-29)40-35(42)30-13-9-6-10-14-30)26-41(24-27-15-19-31(43-2)20-16-27)25-28-17-21-32(22-18-28)44-36(37,38)39/h5-22H,3-4,23-26H2,1-2H3. The van der Waals surface area contributed by atoms with Crippen molar-refractivity contribution >= 4 is 0 Å². The number of methoxy groups -OCH3 is 1. The number of ether oxygens (including phenoxy) is 2. The maximum atomic E-state index is 12.8. The lowest BCUT2D eigenvalue weighted by Crippen LogP contribution is -2.24. The number of unbranched alkanes of at least 4 members (excludes halogenated alkanes) is 1. The first-order chi connectivity index (χ1) is 21.3. The SMILES string of the molecule is CCCCn1c(-c2ccccc2)nc(-c2ccccc2)c1CN(Cc1ccc(OC)cc1)Cc1ccc(OC(F)(F)F)cc1. The Labute approximate surface area is 256 Å². The van der Waals surface area contributed by atoms with Gasteiger partial charge < -0.3 is 14.0 Å². The molecule has 0 aliphatic carbocycles. The van der Waals surface area contributed by atoms with E-state index >= 15 is 0 Å². The minimum atomic E-state index is -4.73. The third kappa shape index (κ3) is 8.08. The van der Waals surface area contributed by atoms with Crippen molar-refractivity contribution in [3.8, 4) is 34.1 Å². The summed E-state index contributed by atoms with van der Waals surface area (Å²) in [7, 11) is 1.64. The summed E-state index contributed by atoms with van der Waals surface area (Å²) >= 11 is 0. The molecule has 0 aliphatic heterocycles. The molecule has 8 heteroatoms. The Morgan fingerprint density at radius 2 is 1.25 bits per heavy atom. The summed E-state index contributed by atoms with van der Waals surface area (Å²) in [5, 5.41) is 0. The van der Waals surface area contributed by atoms with E-state index in [4.69, 9.17) is 9.72 Å². The molecule has 0 spiro atoms. The zero-order valence-corrected chi connectivity index (χ0v) is 24.9. The fourth-order valence-corrected chi connectivity index (χ4v) is 5.26. The van der Waals surface area contributed by atoms with E-state index in [2.05, 4.69) is 45.4 Å². The van der Waals surface area contributed by atoms with E-state index in [0.717, 1.165) is 64.6 Å². The number of rotatable bonds is 13. The Morgan fingerprint density at radius 1 is 0.705 bits per heavy atom. The first-order valence-electron chi connectivity index (χ1n) is 14.7. The van der Waals surface area contributed by atoms with Crippen LogP contribution in [0.15, 0.2) is 109 Å². The average molecular weight is 600 g/mol. The molecule has 0 N–H and O–H groups in total. The summed E-state index contributed by atoms with van der Waals surface area (Å²) < 4.78 is 50.1. The molecule has 0 aliphatic rings. The van der Waals surface area contributed by atoms with Gasteiger partial charge >= 0.3 is 6.36 Å². The number of hydrogen-bond donors (Lipinski definition) is 0. The maximum Gasteiger partial charge on any atom is 0.573 e. The van der Waals surface area contributed by atoms with Gasteiger partial charge in [-0.15, -0.1) is 13.2 Å². The van der Waals surface area contributed by atoms with Gasteiger partial charge in [-0.1, -0.05) is 98.3 Å². The highest BCUT2D eigenvalue weighted by Gasteiger charge is 2.31. The van der Waals surface area contributed by atoms with Gasteiger partial charge in [0.05, 0.1) is 18.5 Å². The van der Waals surface area contributed by atoms with Crippen molar-refractivity contribution in [3.05, 3.63) is 126 Å². The second-order valence-electron chi connectivity index (χ2n) is 10.7. The number of imidazole rings is 1. The van der Waals surface area contributed by atoms with Crippen molar-refractivity contribution in [1.82, 2.24) is 14.5 Å². The fourth-order valence-electron chi connectivity index (χ4n) is 5.26. The first-order valence-corrected chi connectivity index (χ1v) is 14.7. The van der Waals surface area contributed by atoms with Crippen LogP contribution in [0.4, 0.5) is 13.2 Å². The van der Waals surface area contributed by atoms with E-state index in [9.17, 15) is 13.2 Å². The summed E-state index contributed by atoms with van der Waals surface area (Å²) in [5.74, 6) is 1.46. The summed E-state index contributed by atoms with van der Waals surface area (Å²) in [6.07, 6.45) is -2.70. The van der Waals surface area contributed by atoms with Gasteiger partial charge in [-0.25, -0.2) is 4.98 Å². The molecule has 5 nitrogen and oxygen atoms in total. The summed E-state index contributed by atoms with van der Waals surface area (Å²) in [4.78, 5) is 7.53. The van der Waals surface area contributed by atoms with Crippen LogP contribution in [-0.2, 0) is 26.2 Å². The molecular formula is C36H36F3N3O2. The second kappa shape index (κ2) is 14.3. The zero-order chi connectivity index (χ0) is 30.9. The molecule has 0 radical (unpaired) electrons. The third-order valence-corrected chi connectivity index (χ3v) is 7.39. The number of hydrogen-bond acceptors (Lipinski definition) is 4. The topological polar surface area (TPSA) is 39.5 Å². The highest BCUT2D eigenvalue weighted by Crippen LogP contribution is 2.32. The second-order valence-corrected chi connectivity index (χ2v) is 10.7. The van der Waals surface area contributed by atoms with Crippen molar-refractivity contribution in [3.63, 3.8) is 0 Å². The summed E-state index contributed by atoms with van der Waals surface area (Å²) in [5.41, 5.74) is 6.06. The van der Waals surface area contributed by atoms with Gasteiger partial charge in [0.15, 0.2) is 0 Å². The van der Waals surface area contributed by atoms with Gasteiger partial charge in [-0.05, 0) is 41.8 Å². The lowest BCUT2D eigenvalue weighted by atomic mass is 10.1. The van der Waals surface area contributed by atoms with Gasteiger partial charge in [0, 0.05) is 37.3 Å². The van der Waals surface area contributed by atoms with E-state index in [1.165, 1.54) is 12.1 Å². The molecule has 0 atom stereocenters. The molecule has 5 aromatic rings. The Bertz CT molecular complexity index is 1600. The van der Waals surface area contributed by atoms with Crippen LogP contribution in [0.25, 0.3) is 22.6 Å². The van der Waals surface area contributed by atoms with E-state index in [1.54, 1.807) is 19.2 Å². The first kappa shape index (κ1) is 30.9. The number of aromatic nitrogens is 2. The molecule has 228 valence electrons. The van der Waals surface area contributed by atoms with Crippen LogP contribution in [0.3, 0.4) is 0 Å². The molecule has 0 bridgehead atoms. The van der Waals surface area contributed by atoms with Crippen LogP contribution >= 0.6 is 0 Å². The van der Waals surface area contributed by atoms with Gasteiger partial charge in [-0.2, -0.15) is 0 Å². The van der Waals surface area contributed by atoms with Crippen LogP contribution in [0.5, 0.6) is 11.5 Å². The normalized spacial score (nSPS) is 11.6. The lowest BCUT2D eigenvalue weighted by Gasteiger charge is -2.25. The smallest absolute Gasteiger partial charge is 0.497 e. The number of nitrogens with zero attached hydrogens (tertiary/aromatic N) is 3. The molecule has 0 saturated heterocycles. The van der Waals surface area contributed by atoms with E-state index < -0.39 is 6.36 Å². The molecule has 5 rings (SSSR count). The fraction of sp³-hybridized carbons (Fsp3) is 0.250. The number of halogens is 3. The van der Waals surface area contributed by atoms with Crippen LogP contribution in [0.1, 0.15) is 36.6 Å². The van der Waals surface area contributed by atoms with Crippen molar-refractivity contribution in [2.75, 3.05) is 7.11 Å². The van der Waals surface area contributed by atoms with E-state index in [0.29, 0.717) is 19.6 Å². The van der Waals surface area contributed by atoms with Crippen LogP contribution < -0.4 is 9.47 Å². The highest BCUT2D eigenvalue weighted by atomic mass is 19.4. The van der Waals surface area contributed by atoms with Gasteiger partial charge in [0.25, 0.3) is 0 Å². The summed E-state index contributed by atoms with van der Waals surface area (Å²) in [6.45, 7) is 4.68. The molecule has 1 heterocycles. The molecule has 4 aromatic carbocycles. The monoisotopic (exact) mass is 599 g/mol. The van der Waals surface area contributed by atoms with Crippen LogP contribution in [0.2, 0.25) is 0 Å². The molecular weight excluding hydrogens is 563 g/mol. The molecule has 1 aromatic heterocycles. The average Bonchev–Trinajstić information content (AvgIpc) is 3.39. The van der Waals surface area contributed by atoms with Gasteiger partial charge in [0.2, 0.25) is 0 Å². The number of benzene rings is 4. The number of alkyl halides is 3. The van der Waals surface area contributed by atoms with Crippen molar-refractivity contribution in [1.29, 1.82) is 0 Å². The van der Waals surface area contributed by atoms with Gasteiger partial charge in [-0.3, -0.25) is 4.90 Å². The van der Waals surface area contributed by atoms with Crippen molar-refractivity contribution in [2.24, 2.45) is 0 Å². The minimum absolute atomic E-state index is 0.237. The Balaban J connectivity index is 1.56. The minimum Gasteiger partial charge on any atom is -0.497 e. The molecule has 0 saturated carbocycles. The van der Waals surface area contributed by atoms with Gasteiger partial charge in [0.1, 0.15) is 17.3 Å². The maximum absolute atomic E-state index is 12.8. The van der Waals surface area contributed by atoms with E-state index in [-0.39, 0.29) is 5.75 Å². The zero-order valence-electron chi connectivity index (χ0n) is 24.9. The largest absolute Gasteiger partial charge is 0.573 e.